The lowest BCUT2D eigenvalue weighted by molar-refractivity contribution is 0.102. The van der Waals surface area contributed by atoms with Crippen molar-refractivity contribution in [1.82, 2.24) is 20.2 Å². The number of aromatic nitrogens is 4. The number of hydrogen-bond acceptors (Lipinski definition) is 7. The van der Waals surface area contributed by atoms with Gasteiger partial charge in [0.25, 0.3) is 5.91 Å². The number of pyridine rings is 2. The highest BCUT2D eigenvalue weighted by Crippen LogP contribution is 2.27. The van der Waals surface area contributed by atoms with Gasteiger partial charge in [-0.1, -0.05) is 11.3 Å². The summed E-state index contributed by atoms with van der Waals surface area (Å²) in [5.74, 6) is 0.135. The lowest BCUT2D eigenvalue weighted by Crippen LogP contribution is -2.16. The Labute approximate surface area is 156 Å². The van der Waals surface area contributed by atoms with Gasteiger partial charge in [0.15, 0.2) is 0 Å². The van der Waals surface area contributed by atoms with E-state index in [2.05, 4.69) is 25.5 Å². The normalized spacial score (nSPS) is 10.7. The van der Waals surface area contributed by atoms with Crippen LogP contribution in [-0.4, -0.2) is 33.2 Å². The van der Waals surface area contributed by atoms with Gasteiger partial charge < -0.3 is 9.72 Å². The van der Waals surface area contributed by atoms with Crippen LogP contribution in [0.2, 0.25) is 0 Å². The van der Waals surface area contributed by atoms with Crippen molar-refractivity contribution in [3.63, 3.8) is 0 Å². The Hall–Kier alpha value is -3.59. The minimum Gasteiger partial charge on any atom is -0.497 e. The van der Waals surface area contributed by atoms with Crippen molar-refractivity contribution in [3.05, 3.63) is 64.7 Å². The van der Waals surface area contributed by atoms with Crippen LogP contribution in [0.5, 0.6) is 5.75 Å². The summed E-state index contributed by atoms with van der Waals surface area (Å²) in [6, 6.07) is 9.97. The number of nitrogens with zero attached hydrogens (tertiary/aromatic N) is 3. The highest BCUT2D eigenvalue weighted by atomic mass is 32.1. The van der Waals surface area contributed by atoms with Crippen LogP contribution in [0.1, 0.15) is 10.4 Å². The minimum absolute atomic E-state index is 0.230. The molecular formula is C18H13N5O3S. The van der Waals surface area contributed by atoms with E-state index in [-0.39, 0.29) is 11.1 Å². The summed E-state index contributed by atoms with van der Waals surface area (Å²) in [6.07, 6.45) is 3.31. The third kappa shape index (κ3) is 3.40. The van der Waals surface area contributed by atoms with Crippen molar-refractivity contribution in [3.8, 4) is 16.3 Å². The summed E-state index contributed by atoms with van der Waals surface area (Å²) in [5.41, 5.74) is 1.26. The van der Waals surface area contributed by atoms with Gasteiger partial charge >= 0.3 is 0 Å². The molecular weight excluding hydrogens is 366 g/mol. The van der Waals surface area contributed by atoms with Gasteiger partial charge in [0.1, 0.15) is 10.8 Å². The Morgan fingerprint density at radius 1 is 1.15 bits per heavy atom. The third-order valence-corrected chi connectivity index (χ3v) is 4.76. The number of methoxy groups -OCH3 is 1. The number of benzene rings is 1. The van der Waals surface area contributed by atoms with Crippen LogP contribution in [0.25, 0.3) is 21.5 Å². The second kappa shape index (κ2) is 6.96. The second-order valence-electron chi connectivity index (χ2n) is 5.56. The third-order valence-electron chi connectivity index (χ3n) is 3.87. The molecule has 0 aliphatic rings. The van der Waals surface area contributed by atoms with Crippen molar-refractivity contribution in [2.45, 2.75) is 0 Å². The molecule has 0 radical (unpaired) electrons. The quantitative estimate of drug-likeness (QED) is 0.564. The van der Waals surface area contributed by atoms with Crippen LogP contribution in [0.4, 0.5) is 5.13 Å². The molecule has 0 aliphatic heterocycles. The van der Waals surface area contributed by atoms with Crippen molar-refractivity contribution < 1.29 is 9.53 Å². The second-order valence-corrected chi connectivity index (χ2v) is 6.54. The van der Waals surface area contributed by atoms with E-state index in [1.165, 1.54) is 24.5 Å². The predicted molar refractivity (Wildman–Crippen MR) is 102 cm³/mol. The number of H-pyrrole nitrogens is 1. The number of anilines is 1. The molecule has 0 unspecified atom stereocenters. The summed E-state index contributed by atoms with van der Waals surface area (Å²) < 4.78 is 5.21. The Morgan fingerprint density at radius 3 is 2.74 bits per heavy atom. The molecule has 27 heavy (non-hydrogen) atoms. The molecule has 0 bridgehead atoms. The molecule has 1 aromatic carbocycles. The summed E-state index contributed by atoms with van der Waals surface area (Å²) in [4.78, 5) is 31.3. The first-order valence-corrected chi connectivity index (χ1v) is 8.72. The van der Waals surface area contributed by atoms with E-state index in [1.807, 2.05) is 12.1 Å². The number of hydrogen-bond donors (Lipinski definition) is 2. The van der Waals surface area contributed by atoms with Crippen LogP contribution >= 0.6 is 11.3 Å². The fourth-order valence-corrected chi connectivity index (χ4v) is 3.34. The monoisotopic (exact) mass is 379 g/mol. The van der Waals surface area contributed by atoms with Gasteiger partial charge in [-0.05, 0) is 30.3 Å². The fourth-order valence-electron chi connectivity index (χ4n) is 2.60. The first kappa shape index (κ1) is 16.9. The van der Waals surface area contributed by atoms with Gasteiger partial charge in [0.05, 0.1) is 12.7 Å². The summed E-state index contributed by atoms with van der Waals surface area (Å²) >= 11 is 1.23. The molecule has 9 heteroatoms. The maximum Gasteiger partial charge on any atom is 0.258 e. The number of carbonyl (C=O) groups is 1. The Bertz CT molecular complexity index is 1190. The maximum atomic E-state index is 12.7. The van der Waals surface area contributed by atoms with E-state index in [0.29, 0.717) is 26.8 Å². The lowest BCUT2D eigenvalue weighted by atomic mass is 10.1. The molecule has 0 atom stereocenters. The molecule has 0 spiro atoms. The molecule has 134 valence electrons. The van der Waals surface area contributed by atoms with Crippen LogP contribution in [-0.2, 0) is 0 Å². The number of amides is 1. The summed E-state index contributed by atoms with van der Waals surface area (Å²) in [6.45, 7) is 0. The SMILES string of the molecule is COc1ccc2[nH]c(=O)cc(C(=O)Nc3nnc(-c4ccncc4)s3)c2c1. The van der Waals surface area contributed by atoms with Gasteiger partial charge in [-0.2, -0.15) is 0 Å². The highest BCUT2D eigenvalue weighted by molar-refractivity contribution is 7.18. The number of fused-ring (bicyclic) bond motifs is 1. The molecule has 1 amide bonds. The standard InChI is InChI=1S/C18H13N5O3S/c1-26-11-2-3-14-12(8-11)13(9-15(24)20-14)16(25)21-18-23-22-17(27-18)10-4-6-19-7-5-10/h2-9H,1H3,(H,20,24)(H,21,23,25). The van der Waals surface area contributed by atoms with E-state index in [4.69, 9.17) is 4.74 Å². The smallest absolute Gasteiger partial charge is 0.258 e. The fraction of sp³-hybridized carbons (Fsp3) is 0.0556. The molecule has 0 saturated carbocycles. The zero-order chi connectivity index (χ0) is 18.8. The van der Waals surface area contributed by atoms with Gasteiger partial charge in [-0.25, -0.2) is 0 Å². The summed E-state index contributed by atoms with van der Waals surface area (Å²) in [7, 11) is 1.54. The van der Waals surface area contributed by atoms with Crippen molar-refractivity contribution in [2.75, 3.05) is 12.4 Å². The van der Waals surface area contributed by atoms with Gasteiger partial charge in [0.2, 0.25) is 10.7 Å². The van der Waals surface area contributed by atoms with Gasteiger partial charge in [-0.15, -0.1) is 10.2 Å². The number of nitrogens with one attached hydrogen (secondary N) is 2. The largest absolute Gasteiger partial charge is 0.497 e. The zero-order valence-electron chi connectivity index (χ0n) is 14.1. The molecule has 0 saturated heterocycles. The number of ether oxygens (including phenoxy) is 1. The Kier molecular flexibility index (Phi) is 4.35. The molecule has 2 N–H and O–H groups in total. The van der Waals surface area contributed by atoms with Crippen LogP contribution < -0.4 is 15.6 Å². The van der Waals surface area contributed by atoms with E-state index >= 15 is 0 Å². The van der Waals surface area contributed by atoms with Crippen LogP contribution in [0.3, 0.4) is 0 Å². The molecule has 0 fully saturated rings. The number of aromatic amines is 1. The van der Waals surface area contributed by atoms with Crippen molar-refractivity contribution >= 4 is 33.3 Å². The minimum atomic E-state index is -0.447. The highest BCUT2D eigenvalue weighted by Gasteiger charge is 2.15. The first-order chi connectivity index (χ1) is 13.1. The van der Waals surface area contributed by atoms with E-state index in [1.54, 1.807) is 30.6 Å². The van der Waals surface area contributed by atoms with Crippen LogP contribution in [0.15, 0.2) is 53.6 Å². The predicted octanol–water partition coefficient (Wildman–Crippen LogP) is 2.70. The maximum absolute atomic E-state index is 12.7. The molecule has 0 aliphatic carbocycles. The van der Waals surface area contributed by atoms with Gasteiger partial charge in [-0.3, -0.25) is 19.9 Å². The molecule has 3 aromatic heterocycles. The number of carbonyl (C=O) groups excluding carboxylic acids is 1. The molecule has 3 heterocycles. The topological polar surface area (TPSA) is 110 Å². The van der Waals surface area contributed by atoms with E-state index in [9.17, 15) is 9.59 Å². The molecule has 4 aromatic rings. The van der Waals surface area contributed by atoms with Gasteiger partial charge in [0, 0.05) is 34.9 Å². The molecule has 8 nitrogen and oxygen atoms in total. The van der Waals surface area contributed by atoms with E-state index in [0.717, 1.165) is 5.56 Å². The zero-order valence-corrected chi connectivity index (χ0v) is 14.9. The molecule has 4 rings (SSSR count). The Balaban J connectivity index is 1.67. The average Bonchev–Trinajstić information content (AvgIpc) is 3.16. The van der Waals surface area contributed by atoms with E-state index < -0.39 is 5.91 Å². The van der Waals surface area contributed by atoms with Crippen molar-refractivity contribution in [2.24, 2.45) is 0 Å². The average molecular weight is 379 g/mol. The Morgan fingerprint density at radius 2 is 1.96 bits per heavy atom. The number of rotatable bonds is 4. The summed E-state index contributed by atoms with van der Waals surface area (Å²) in [5, 5.41) is 12.3. The van der Waals surface area contributed by atoms with Crippen LogP contribution in [0, 0.1) is 0 Å². The lowest BCUT2D eigenvalue weighted by Gasteiger charge is -2.07. The van der Waals surface area contributed by atoms with Crippen molar-refractivity contribution in [1.29, 1.82) is 0 Å². The first-order valence-electron chi connectivity index (χ1n) is 7.90.